The molecule has 20 heavy (non-hydrogen) atoms. The second kappa shape index (κ2) is 6.30. The van der Waals surface area contributed by atoms with Gasteiger partial charge in [0.25, 0.3) is 0 Å². The summed E-state index contributed by atoms with van der Waals surface area (Å²) in [4.78, 5) is 0.239. The van der Waals surface area contributed by atoms with Crippen molar-refractivity contribution in [2.75, 3.05) is 26.8 Å². The number of alkyl halides is 1. The monoisotopic (exact) mass is 319 g/mol. The number of ether oxygens (including phenoxy) is 2. The number of hydrogen-bond donors (Lipinski definition) is 0. The highest BCUT2D eigenvalue weighted by Crippen LogP contribution is 2.26. The van der Waals surface area contributed by atoms with Gasteiger partial charge >= 0.3 is 0 Å². The van der Waals surface area contributed by atoms with Crippen molar-refractivity contribution in [1.82, 2.24) is 4.31 Å². The Morgan fingerprint density at radius 2 is 2.25 bits per heavy atom. The van der Waals surface area contributed by atoms with E-state index in [9.17, 15) is 8.42 Å². The Morgan fingerprint density at radius 3 is 2.85 bits per heavy atom. The van der Waals surface area contributed by atoms with Crippen molar-refractivity contribution in [2.45, 2.75) is 23.8 Å². The number of nitrogens with zero attached hydrogens (tertiary/aromatic N) is 1. The number of benzene rings is 1. The maximum absolute atomic E-state index is 12.6. The molecule has 0 aliphatic carbocycles. The highest BCUT2D eigenvalue weighted by Gasteiger charge is 2.29. The number of rotatable bonds is 4. The minimum Gasteiger partial charge on any atom is -0.496 e. The van der Waals surface area contributed by atoms with Gasteiger partial charge in [-0.2, -0.15) is 4.31 Å². The molecule has 1 fully saturated rings. The summed E-state index contributed by atoms with van der Waals surface area (Å²) >= 11 is 5.83. The topological polar surface area (TPSA) is 55.8 Å². The molecule has 1 heterocycles. The molecule has 0 bridgehead atoms. The first-order valence-corrected chi connectivity index (χ1v) is 8.31. The predicted molar refractivity (Wildman–Crippen MR) is 76.7 cm³/mol. The molecular weight excluding hydrogens is 302 g/mol. The van der Waals surface area contributed by atoms with Crippen LogP contribution in [0.25, 0.3) is 0 Å². The van der Waals surface area contributed by atoms with Crippen molar-refractivity contribution in [3.63, 3.8) is 0 Å². The van der Waals surface area contributed by atoms with Crippen LogP contribution >= 0.6 is 11.6 Å². The molecule has 1 aliphatic heterocycles. The summed E-state index contributed by atoms with van der Waals surface area (Å²) in [6.07, 6.45) is -0.0933. The van der Waals surface area contributed by atoms with Gasteiger partial charge in [0.15, 0.2) is 0 Å². The molecule has 2 rings (SSSR count). The van der Waals surface area contributed by atoms with Crippen LogP contribution in [0.2, 0.25) is 0 Å². The lowest BCUT2D eigenvalue weighted by Gasteiger charge is -2.30. The Balaban J connectivity index is 2.34. The standard InChI is InChI=1S/C13H18ClNO4S/c1-10-9-15(5-6-19-10)20(16,17)12-3-4-13(18-2)11(7-12)8-14/h3-4,7,10H,5-6,8-9H2,1-2H3. The van der Waals surface area contributed by atoms with Gasteiger partial charge in [0.2, 0.25) is 10.0 Å². The van der Waals surface area contributed by atoms with Gasteiger partial charge < -0.3 is 9.47 Å². The zero-order chi connectivity index (χ0) is 14.8. The Morgan fingerprint density at radius 1 is 1.50 bits per heavy atom. The number of morpholine rings is 1. The van der Waals surface area contributed by atoms with Gasteiger partial charge in [0, 0.05) is 18.7 Å². The van der Waals surface area contributed by atoms with E-state index in [1.807, 2.05) is 6.92 Å². The lowest BCUT2D eigenvalue weighted by molar-refractivity contribution is 0.0102. The molecule has 1 atom stereocenters. The molecular formula is C13H18ClNO4S. The van der Waals surface area contributed by atoms with E-state index in [1.165, 1.54) is 11.4 Å². The molecule has 0 N–H and O–H groups in total. The summed E-state index contributed by atoms with van der Waals surface area (Å²) in [5.74, 6) is 0.792. The summed E-state index contributed by atoms with van der Waals surface area (Å²) < 4.78 is 37.1. The van der Waals surface area contributed by atoms with E-state index >= 15 is 0 Å². The van der Waals surface area contributed by atoms with Crippen molar-refractivity contribution >= 4 is 21.6 Å². The molecule has 0 spiro atoms. The van der Waals surface area contributed by atoms with Crippen LogP contribution in [0.1, 0.15) is 12.5 Å². The summed E-state index contributed by atoms with van der Waals surface area (Å²) in [5.41, 5.74) is 0.663. The third-order valence-corrected chi connectivity index (χ3v) is 5.39. The van der Waals surface area contributed by atoms with Crippen LogP contribution in [-0.4, -0.2) is 45.6 Å². The van der Waals surface area contributed by atoms with Gasteiger partial charge in [0.05, 0.1) is 30.6 Å². The fraction of sp³-hybridized carbons (Fsp3) is 0.538. The average molecular weight is 320 g/mol. The van der Waals surface area contributed by atoms with Gasteiger partial charge in [-0.1, -0.05) is 0 Å². The second-order valence-electron chi connectivity index (χ2n) is 4.65. The first kappa shape index (κ1) is 15.6. The van der Waals surface area contributed by atoms with Crippen LogP contribution in [0.15, 0.2) is 23.1 Å². The van der Waals surface area contributed by atoms with E-state index in [4.69, 9.17) is 21.1 Å². The number of methoxy groups -OCH3 is 1. The van der Waals surface area contributed by atoms with Crippen molar-refractivity contribution in [3.05, 3.63) is 23.8 Å². The summed E-state index contributed by atoms with van der Waals surface area (Å²) in [6, 6.07) is 4.75. The largest absolute Gasteiger partial charge is 0.496 e. The second-order valence-corrected chi connectivity index (χ2v) is 6.86. The van der Waals surface area contributed by atoms with Crippen LogP contribution in [0.5, 0.6) is 5.75 Å². The van der Waals surface area contributed by atoms with E-state index in [-0.39, 0.29) is 16.9 Å². The fourth-order valence-corrected chi connectivity index (χ4v) is 3.93. The molecule has 1 aliphatic rings. The van der Waals surface area contributed by atoms with Crippen molar-refractivity contribution in [1.29, 1.82) is 0 Å². The molecule has 0 radical (unpaired) electrons. The smallest absolute Gasteiger partial charge is 0.243 e. The van der Waals surface area contributed by atoms with E-state index in [2.05, 4.69) is 0 Å². The van der Waals surface area contributed by atoms with Gasteiger partial charge in [-0.15, -0.1) is 11.6 Å². The normalized spacial score (nSPS) is 20.9. The van der Waals surface area contributed by atoms with Crippen LogP contribution < -0.4 is 4.74 Å². The van der Waals surface area contributed by atoms with E-state index < -0.39 is 10.0 Å². The first-order chi connectivity index (χ1) is 9.48. The molecule has 0 amide bonds. The lowest BCUT2D eigenvalue weighted by atomic mass is 10.2. The molecule has 0 aromatic heterocycles. The molecule has 1 aromatic carbocycles. The number of hydrogen-bond acceptors (Lipinski definition) is 4. The third kappa shape index (κ3) is 3.09. The summed E-state index contributed by atoms with van der Waals surface area (Å²) in [6.45, 7) is 3.01. The minimum atomic E-state index is -3.51. The molecule has 112 valence electrons. The zero-order valence-corrected chi connectivity index (χ0v) is 13.1. The Kier molecular flexibility index (Phi) is 4.90. The van der Waals surface area contributed by atoms with E-state index in [1.54, 1.807) is 18.2 Å². The van der Waals surface area contributed by atoms with E-state index in [0.29, 0.717) is 31.0 Å². The lowest BCUT2D eigenvalue weighted by Crippen LogP contribution is -2.44. The maximum Gasteiger partial charge on any atom is 0.243 e. The van der Waals surface area contributed by atoms with Gasteiger partial charge in [0.1, 0.15) is 5.75 Å². The third-order valence-electron chi connectivity index (χ3n) is 3.24. The Bertz CT molecular complexity index is 576. The maximum atomic E-state index is 12.6. The van der Waals surface area contributed by atoms with Crippen LogP contribution in [0.4, 0.5) is 0 Å². The van der Waals surface area contributed by atoms with Crippen LogP contribution in [-0.2, 0) is 20.6 Å². The Hall–Kier alpha value is -0.820. The molecule has 0 saturated carbocycles. The SMILES string of the molecule is COc1ccc(S(=O)(=O)N2CCOC(C)C2)cc1CCl. The van der Waals surface area contributed by atoms with Crippen molar-refractivity contribution in [2.24, 2.45) is 0 Å². The molecule has 1 saturated heterocycles. The number of sulfonamides is 1. The Labute approximate surface area is 124 Å². The zero-order valence-electron chi connectivity index (χ0n) is 11.5. The molecule has 7 heteroatoms. The highest BCUT2D eigenvalue weighted by atomic mass is 35.5. The minimum absolute atomic E-state index is 0.0933. The van der Waals surface area contributed by atoms with Gasteiger partial charge in [-0.25, -0.2) is 8.42 Å². The van der Waals surface area contributed by atoms with Crippen LogP contribution in [0, 0.1) is 0 Å². The fourth-order valence-electron chi connectivity index (χ4n) is 2.17. The predicted octanol–water partition coefficient (Wildman–Crippen LogP) is 1.84. The van der Waals surface area contributed by atoms with Crippen molar-refractivity contribution in [3.8, 4) is 5.75 Å². The molecule has 1 aromatic rings. The first-order valence-electron chi connectivity index (χ1n) is 6.33. The number of halogens is 1. The molecule has 1 unspecified atom stereocenters. The quantitative estimate of drug-likeness (QED) is 0.795. The van der Waals surface area contributed by atoms with Gasteiger partial charge in [-0.05, 0) is 25.1 Å². The summed E-state index contributed by atoms with van der Waals surface area (Å²) in [7, 11) is -1.98. The van der Waals surface area contributed by atoms with Crippen molar-refractivity contribution < 1.29 is 17.9 Å². The summed E-state index contributed by atoms with van der Waals surface area (Å²) in [5, 5.41) is 0. The van der Waals surface area contributed by atoms with Crippen LogP contribution in [0.3, 0.4) is 0 Å². The van der Waals surface area contributed by atoms with Gasteiger partial charge in [-0.3, -0.25) is 0 Å². The average Bonchev–Trinajstić information content (AvgIpc) is 2.46. The highest BCUT2D eigenvalue weighted by molar-refractivity contribution is 7.89. The molecule has 5 nitrogen and oxygen atoms in total. The van der Waals surface area contributed by atoms with E-state index in [0.717, 1.165) is 0 Å².